The van der Waals surface area contributed by atoms with Gasteiger partial charge in [0, 0.05) is 56.4 Å². The molecular formula is C20H24Cl2N6O2. The van der Waals surface area contributed by atoms with Crippen molar-refractivity contribution in [1.29, 1.82) is 0 Å². The summed E-state index contributed by atoms with van der Waals surface area (Å²) in [4.78, 5) is 37.2. The fourth-order valence-corrected chi connectivity index (χ4v) is 4.57. The molecule has 1 aromatic rings. The number of hydrogen-bond donors (Lipinski definition) is 1. The molecule has 0 spiro atoms. The highest BCUT2D eigenvalue weighted by molar-refractivity contribution is 6.35. The summed E-state index contributed by atoms with van der Waals surface area (Å²) in [7, 11) is 1.66. The Balaban J connectivity index is 1.46. The van der Waals surface area contributed by atoms with Crippen molar-refractivity contribution in [2.75, 3.05) is 39.8 Å². The maximum atomic E-state index is 12.5. The smallest absolute Gasteiger partial charge is 0.325 e. The summed E-state index contributed by atoms with van der Waals surface area (Å²) < 4.78 is 0. The van der Waals surface area contributed by atoms with Crippen molar-refractivity contribution >= 4 is 41.1 Å². The average molecular weight is 451 g/mol. The number of likely N-dealkylation sites (N-methyl/N-ethyl adjacent to an activating group) is 1. The standard InChI is InChI=1S/C20H24Cl2N6O2/c1-3-6-28-16-17(25(2)20(30)24-18(16)29)23-19(28)27-9-7-26(8-10-27)12-13-4-5-14(21)11-15(13)22/h3-5,11,16-17H,1,6-10,12H2,2H3,(H,24,29,30). The van der Waals surface area contributed by atoms with Gasteiger partial charge >= 0.3 is 6.03 Å². The number of carbonyl (C=O) groups is 2. The highest BCUT2D eigenvalue weighted by Gasteiger charge is 2.49. The Kier molecular flexibility index (Phi) is 5.90. The number of rotatable bonds is 4. The number of aliphatic imine (C=N–C) groups is 1. The van der Waals surface area contributed by atoms with Gasteiger partial charge < -0.3 is 14.7 Å². The van der Waals surface area contributed by atoms with Crippen LogP contribution in [-0.2, 0) is 11.3 Å². The molecule has 3 amide bonds. The van der Waals surface area contributed by atoms with Crippen LogP contribution in [0.15, 0.2) is 35.8 Å². The van der Waals surface area contributed by atoms with Gasteiger partial charge in [-0.1, -0.05) is 35.3 Å². The number of halogens is 2. The van der Waals surface area contributed by atoms with Crippen molar-refractivity contribution in [2.24, 2.45) is 4.99 Å². The lowest BCUT2D eigenvalue weighted by Crippen LogP contribution is -2.64. The third kappa shape index (κ3) is 3.87. The summed E-state index contributed by atoms with van der Waals surface area (Å²) in [6.45, 7) is 8.23. The zero-order valence-corrected chi connectivity index (χ0v) is 18.2. The van der Waals surface area contributed by atoms with E-state index >= 15 is 0 Å². The fourth-order valence-electron chi connectivity index (χ4n) is 4.11. The van der Waals surface area contributed by atoms with Crippen LogP contribution in [0.5, 0.6) is 0 Å². The number of urea groups is 1. The molecule has 3 aliphatic heterocycles. The van der Waals surface area contributed by atoms with Crippen LogP contribution in [0.3, 0.4) is 0 Å². The van der Waals surface area contributed by atoms with Crippen molar-refractivity contribution in [2.45, 2.75) is 18.8 Å². The van der Waals surface area contributed by atoms with E-state index in [9.17, 15) is 9.59 Å². The maximum absolute atomic E-state index is 12.5. The van der Waals surface area contributed by atoms with Crippen LogP contribution in [0.2, 0.25) is 10.0 Å². The molecule has 1 N–H and O–H groups in total. The number of hydrogen-bond acceptors (Lipinski definition) is 6. The molecule has 8 nitrogen and oxygen atoms in total. The highest BCUT2D eigenvalue weighted by Crippen LogP contribution is 2.27. The molecule has 160 valence electrons. The molecule has 10 heteroatoms. The molecule has 0 aliphatic carbocycles. The van der Waals surface area contributed by atoms with Gasteiger partial charge in [-0.05, 0) is 17.7 Å². The van der Waals surface area contributed by atoms with E-state index in [1.54, 1.807) is 19.2 Å². The van der Waals surface area contributed by atoms with Gasteiger partial charge in [-0.2, -0.15) is 0 Å². The Labute approximate surface area is 185 Å². The summed E-state index contributed by atoms with van der Waals surface area (Å²) in [5.41, 5.74) is 1.05. The number of amides is 3. The van der Waals surface area contributed by atoms with E-state index in [0.717, 1.165) is 44.2 Å². The number of carbonyl (C=O) groups excluding carboxylic acids is 2. The number of fused-ring (bicyclic) bond motifs is 1. The zero-order chi connectivity index (χ0) is 21.4. The second-order valence-corrected chi connectivity index (χ2v) is 8.48. The predicted octanol–water partition coefficient (Wildman–Crippen LogP) is 1.84. The van der Waals surface area contributed by atoms with Crippen LogP contribution in [0, 0.1) is 0 Å². The van der Waals surface area contributed by atoms with Crippen LogP contribution in [0.4, 0.5) is 4.79 Å². The van der Waals surface area contributed by atoms with Crippen molar-refractivity contribution in [3.05, 3.63) is 46.5 Å². The summed E-state index contributed by atoms with van der Waals surface area (Å²) in [5.74, 6) is 0.422. The molecule has 2 atom stereocenters. The second-order valence-electron chi connectivity index (χ2n) is 7.63. The highest BCUT2D eigenvalue weighted by atomic mass is 35.5. The molecule has 0 saturated carbocycles. The summed E-state index contributed by atoms with van der Waals surface area (Å²) >= 11 is 12.3. The molecule has 2 fully saturated rings. The quantitative estimate of drug-likeness (QED) is 0.708. The van der Waals surface area contributed by atoms with E-state index in [1.807, 2.05) is 17.0 Å². The first-order valence-corrected chi connectivity index (χ1v) is 10.6. The molecule has 3 aliphatic rings. The molecule has 4 rings (SSSR count). The predicted molar refractivity (Wildman–Crippen MR) is 117 cm³/mol. The van der Waals surface area contributed by atoms with Crippen molar-refractivity contribution < 1.29 is 9.59 Å². The number of benzene rings is 1. The van der Waals surface area contributed by atoms with E-state index in [-0.39, 0.29) is 5.91 Å². The third-order valence-electron chi connectivity index (χ3n) is 5.73. The van der Waals surface area contributed by atoms with Crippen molar-refractivity contribution in [1.82, 2.24) is 24.9 Å². The van der Waals surface area contributed by atoms with Gasteiger partial charge in [0.05, 0.1) is 0 Å². The van der Waals surface area contributed by atoms with E-state index in [2.05, 4.69) is 21.7 Å². The van der Waals surface area contributed by atoms with Crippen molar-refractivity contribution in [3.8, 4) is 0 Å². The molecule has 0 bridgehead atoms. The molecular weight excluding hydrogens is 427 g/mol. The topological polar surface area (TPSA) is 71.5 Å². The van der Waals surface area contributed by atoms with Gasteiger partial charge in [-0.3, -0.25) is 15.0 Å². The number of nitrogens with zero attached hydrogens (tertiary/aromatic N) is 5. The Hall–Kier alpha value is -2.29. The van der Waals surface area contributed by atoms with Gasteiger partial charge in [-0.25, -0.2) is 9.79 Å². The lowest BCUT2D eigenvalue weighted by molar-refractivity contribution is -0.127. The lowest BCUT2D eigenvalue weighted by Gasteiger charge is -2.40. The minimum Gasteiger partial charge on any atom is -0.340 e. The zero-order valence-electron chi connectivity index (χ0n) is 16.7. The first-order chi connectivity index (χ1) is 14.4. The first-order valence-electron chi connectivity index (χ1n) is 9.83. The summed E-state index contributed by atoms with van der Waals surface area (Å²) in [6.07, 6.45) is 1.23. The van der Waals surface area contributed by atoms with Crippen LogP contribution in [0.1, 0.15) is 5.56 Å². The first kappa shape index (κ1) is 21.0. The SMILES string of the molecule is C=CCN1C(N2CCN(Cc3ccc(Cl)cc3Cl)CC2)=NC2C1C(=O)NC(=O)N2C. The average Bonchev–Trinajstić information content (AvgIpc) is 3.09. The van der Waals surface area contributed by atoms with Crippen LogP contribution in [-0.4, -0.2) is 89.5 Å². The Bertz CT molecular complexity index is 899. The number of piperazine rings is 1. The molecule has 0 radical (unpaired) electrons. The van der Waals surface area contributed by atoms with Gasteiger partial charge in [0.15, 0.2) is 18.2 Å². The number of nitrogens with one attached hydrogen (secondary N) is 1. The van der Waals surface area contributed by atoms with Gasteiger partial charge in [-0.15, -0.1) is 6.58 Å². The second kappa shape index (κ2) is 8.45. The molecule has 0 aromatic heterocycles. The molecule has 3 heterocycles. The normalized spacial score (nSPS) is 24.6. The van der Waals surface area contributed by atoms with E-state index in [0.29, 0.717) is 16.6 Å². The molecule has 2 saturated heterocycles. The van der Waals surface area contributed by atoms with Crippen LogP contribution >= 0.6 is 23.2 Å². The Morgan fingerprint density at radius 1 is 1.23 bits per heavy atom. The lowest BCUT2D eigenvalue weighted by atomic mass is 10.1. The van der Waals surface area contributed by atoms with Gasteiger partial charge in [0.2, 0.25) is 0 Å². The van der Waals surface area contributed by atoms with E-state index < -0.39 is 18.2 Å². The maximum Gasteiger partial charge on any atom is 0.325 e. The molecule has 30 heavy (non-hydrogen) atoms. The van der Waals surface area contributed by atoms with Gasteiger partial charge in [0.25, 0.3) is 5.91 Å². The number of guanidine groups is 1. The Morgan fingerprint density at radius 2 is 1.97 bits per heavy atom. The Morgan fingerprint density at radius 3 is 2.63 bits per heavy atom. The number of imide groups is 1. The van der Waals surface area contributed by atoms with E-state index in [4.69, 9.17) is 28.2 Å². The molecule has 2 unspecified atom stereocenters. The third-order valence-corrected chi connectivity index (χ3v) is 6.32. The molecule has 1 aromatic carbocycles. The minimum absolute atomic E-state index is 0.320. The summed E-state index contributed by atoms with van der Waals surface area (Å²) in [6, 6.07) is 4.62. The summed E-state index contributed by atoms with van der Waals surface area (Å²) in [5, 5.41) is 3.71. The van der Waals surface area contributed by atoms with Crippen LogP contribution in [0.25, 0.3) is 0 Å². The van der Waals surface area contributed by atoms with E-state index in [1.165, 1.54) is 4.90 Å². The van der Waals surface area contributed by atoms with Crippen molar-refractivity contribution in [3.63, 3.8) is 0 Å². The monoisotopic (exact) mass is 450 g/mol. The fraction of sp³-hybridized carbons (Fsp3) is 0.450. The minimum atomic E-state index is -0.536. The largest absolute Gasteiger partial charge is 0.340 e. The van der Waals surface area contributed by atoms with Crippen LogP contribution < -0.4 is 5.32 Å². The van der Waals surface area contributed by atoms with Gasteiger partial charge in [0.1, 0.15) is 0 Å².